The first-order valence-electron chi connectivity index (χ1n) is 9.07. The Hall–Kier alpha value is -2.45. The number of benzene rings is 2. The molecule has 0 saturated carbocycles. The Morgan fingerprint density at radius 1 is 1.10 bits per heavy atom. The fraction of sp³-hybridized carbons (Fsp3) is 0.286. The van der Waals surface area contributed by atoms with E-state index in [0.717, 1.165) is 15.6 Å². The largest absolute Gasteiger partial charge is 0.483 e. The first-order valence-corrected chi connectivity index (χ1v) is 10.3. The second kappa shape index (κ2) is 10.4. The number of carbonyl (C=O) groups excluding carboxylic acids is 2. The van der Waals surface area contributed by atoms with Crippen LogP contribution in [0.5, 0.6) is 5.75 Å². The first kappa shape index (κ1) is 22.8. The van der Waals surface area contributed by atoms with Gasteiger partial charge in [-0.25, -0.2) is 0 Å². The lowest BCUT2D eigenvalue weighted by Gasteiger charge is -2.16. The van der Waals surface area contributed by atoms with Crippen LogP contribution in [0, 0.1) is 6.92 Å². The van der Waals surface area contributed by atoms with Gasteiger partial charge in [0, 0.05) is 22.8 Å². The van der Waals surface area contributed by atoms with Crippen LogP contribution in [0.1, 0.15) is 37.8 Å². The highest BCUT2D eigenvalue weighted by atomic mass is 79.9. The van der Waals surface area contributed by atoms with Gasteiger partial charge in [-0.1, -0.05) is 29.8 Å². The number of hydrogen-bond acceptors (Lipinski definition) is 4. The van der Waals surface area contributed by atoms with Crippen LogP contribution >= 0.6 is 28.1 Å². The van der Waals surface area contributed by atoms with Crippen molar-refractivity contribution in [2.45, 2.75) is 33.6 Å². The fourth-order valence-electron chi connectivity index (χ4n) is 2.56. The zero-order valence-electron chi connectivity index (χ0n) is 16.8. The number of ether oxygens (including phenoxy) is 1. The van der Waals surface area contributed by atoms with E-state index in [1.807, 2.05) is 19.1 Å². The van der Waals surface area contributed by atoms with Crippen LogP contribution in [0.15, 0.2) is 40.9 Å². The van der Waals surface area contributed by atoms with Gasteiger partial charge < -0.3 is 15.4 Å². The number of rotatable bonds is 6. The Balaban J connectivity index is 1.90. The Morgan fingerprint density at radius 2 is 1.69 bits per heavy atom. The lowest BCUT2D eigenvalue weighted by atomic mass is 10.0. The third-order valence-corrected chi connectivity index (χ3v) is 5.05. The number of anilines is 2. The van der Waals surface area contributed by atoms with Crippen molar-refractivity contribution in [3.63, 3.8) is 0 Å². The van der Waals surface area contributed by atoms with Gasteiger partial charge in [0.15, 0.2) is 11.7 Å². The highest BCUT2D eigenvalue weighted by Crippen LogP contribution is 2.32. The number of hydrogen-bond donors (Lipinski definition) is 3. The second-order valence-electron chi connectivity index (χ2n) is 6.84. The maximum absolute atomic E-state index is 12.2. The van der Waals surface area contributed by atoms with Crippen molar-refractivity contribution >= 4 is 56.4 Å². The summed E-state index contributed by atoms with van der Waals surface area (Å²) in [7, 11) is 0. The molecule has 0 aliphatic rings. The van der Waals surface area contributed by atoms with E-state index in [1.165, 1.54) is 6.92 Å². The quantitative estimate of drug-likeness (QED) is 0.524. The Bertz CT molecular complexity index is 914. The van der Waals surface area contributed by atoms with Gasteiger partial charge in [0.05, 0.1) is 0 Å². The molecule has 0 radical (unpaired) electrons. The summed E-state index contributed by atoms with van der Waals surface area (Å²) in [4.78, 5) is 23.3. The standard InChI is InChI=1S/C21H24BrN3O3S/c1-12(2)17-10-18(22)13(3)9-19(17)28-11-20(27)25-21(29)24-16-7-5-15(6-8-16)23-14(4)26/h5-10,12H,11H2,1-4H3,(H,23,26)(H2,24,25,27,29). The number of aryl methyl sites for hydroxylation is 1. The molecular formula is C21H24BrN3O3S. The first-order chi connectivity index (χ1) is 13.7. The van der Waals surface area contributed by atoms with E-state index < -0.39 is 0 Å². The Kier molecular flexibility index (Phi) is 8.16. The maximum Gasteiger partial charge on any atom is 0.264 e. The van der Waals surface area contributed by atoms with Crippen molar-refractivity contribution in [2.24, 2.45) is 0 Å². The smallest absolute Gasteiger partial charge is 0.264 e. The third-order valence-electron chi connectivity index (χ3n) is 3.99. The van der Waals surface area contributed by atoms with Crippen LogP contribution in [0.25, 0.3) is 0 Å². The Morgan fingerprint density at radius 3 is 2.24 bits per heavy atom. The normalized spacial score (nSPS) is 10.4. The molecule has 0 fully saturated rings. The summed E-state index contributed by atoms with van der Waals surface area (Å²) in [5.74, 6) is 0.444. The van der Waals surface area contributed by atoms with Crippen LogP contribution in [-0.2, 0) is 9.59 Å². The number of thiocarbonyl (C=S) groups is 1. The predicted octanol–water partition coefficient (Wildman–Crippen LogP) is 4.73. The number of nitrogens with one attached hydrogen (secondary N) is 3. The van der Waals surface area contributed by atoms with Gasteiger partial charge in [0.1, 0.15) is 5.75 Å². The molecule has 0 aliphatic heterocycles. The molecule has 0 aliphatic carbocycles. The van der Waals surface area contributed by atoms with E-state index in [9.17, 15) is 9.59 Å². The SMILES string of the molecule is CC(=O)Nc1ccc(NC(=S)NC(=O)COc2cc(C)c(Br)cc2C(C)C)cc1. The highest BCUT2D eigenvalue weighted by molar-refractivity contribution is 9.10. The summed E-state index contributed by atoms with van der Waals surface area (Å²) in [5.41, 5.74) is 3.42. The van der Waals surface area contributed by atoms with Gasteiger partial charge in [-0.2, -0.15) is 0 Å². The average molecular weight is 478 g/mol. The fourth-order valence-corrected chi connectivity index (χ4v) is 3.15. The molecular weight excluding hydrogens is 454 g/mol. The van der Waals surface area contributed by atoms with Crippen LogP contribution in [0.3, 0.4) is 0 Å². The molecule has 0 unspecified atom stereocenters. The number of carbonyl (C=O) groups is 2. The highest BCUT2D eigenvalue weighted by Gasteiger charge is 2.13. The van der Waals surface area contributed by atoms with Crippen molar-refractivity contribution in [2.75, 3.05) is 17.2 Å². The molecule has 2 rings (SSSR count). The lowest BCUT2D eigenvalue weighted by Crippen LogP contribution is -2.37. The van der Waals surface area contributed by atoms with Crippen molar-refractivity contribution in [3.8, 4) is 5.75 Å². The second-order valence-corrected chi connectivity index (χ2v) is 8.11. The molecule has 3 N–H and O–H groups in total. The zero-order valence-corrected chi connectivity index (χ0v) is 19.2. The van der Waals surface area contributed by atoms with Crippen LogP contribution < -0.4 is 20.7 Å². The van der Waals surface area contributed by atoms with Gasteiger partial charge in [-0.15, -0.1) is 0 Å². The molecule has 2 aromatic carbocycles. The summed E-state index contributed by atoms with van der Waals surface area (Å²) in [6, 6.07) is 10.9. The summed E-state index contributed by atoms with van der Waals surface area (Å²) in [5, 5.41) is 8.37. The molecule has 0 atom stereocenters. The predicted molar refractivity (Wildman–Crippen MR) is 124 cm³/mol. The molecule has 2 amide bonds. The summed E-state index contributed by atoms with van der Waals surface area (Å²) >= 11 is 8.70. The van der Waals surface area contributed by atoms with Gasteiger partial charge in [0.2, 0.25) is 5.91 Å². The maximum atomic E-state index is 12.2. The molecule has 0 saturated heterocycles. The molecule has 0 aromatic heterocycles. The van der Waals surface area contributed by atoms with Crippen molar-refractivity contribution < 1.29 is 14.3 Å². The number of halogens is 1. The van der Waals surface area contributed by atoms with Gasteiger partial charge in [-0.05, 0) is 72.6 Å². The van der Waals surface area contributed by atoms with E-state index >= 15 is 0 Å². The van der Waals surface area contributed by atoms with E-state index in [0.29, 0.717) is 17.1 Å². The minimum absolute atomic E-state index is 0.143. The average Bonchev–Trinajstić information content (AvgIpc) is 2.63. The number of amides is 2. The lowest BCUT2D eigenvalue weighted by molar-refractivity contribution is -0.121. The van der Waals surface area contributed by atoms with E-state index in [4.69, 9.17) is 17.0 Å². The molecule has 0 spiro atoms. The van der Waals surface area contributed by atoms with Crippen molar-refractivity contribution in [3.05, 3.63) is 52.0 Å². The summed E-state index contributed by atoms with van der Waals surface area (Å²) in [6.07, 6.45) is 0. The monoisotopic (exact) mass is 477 g/mol. The minimum Gasteiger partial charge on any atom is -0.483 e. The van der Waals surface area contributed by atoms with Gasteiger partial charge in [-0.3, -0.25) is 14.9 Å². The van der Waals surface area contributed by atoms with Crippen molar-refractivity contribution in [1.82, 2.24) is 5.32 Å². The molecule has 29 heavy (non-hydrogen) atoms. The van der Waals surface area contributed by atoms with Crippen LogP contribution in [-0.4, -0.2) is 23.5 Å². The minimum atomic E-state index is -0.354. The molecule has 0 heterocycles. The topological polar surface area (TPSA) is 79.5 Å². The van der Waals surface area contributed by atoms with E-state index in [2.05, 4.69) is 45.7 Å². The van der Waals surface area contributed by atoms with Crippen LogP contribution in [0.2, 0.25) is 0 Å². The summed E-state index contributed by atoms with van der Waals surface area (Å²) < 4.78 is 6.75. The van der Waals surface area contributed by atoms with E-state index in [1.54, 1.807) is 24.3 Å². The molecule has 8 heteroatoms. The van der Waals surface area contributed by atoms with Gasteiger partial charge >= 0.3 is 0 Å². The van der Waals surface area contributed by atoms with E-state index in [-0.39, 0.29) is 29.5 Å². The molecule has 2 aromatic rings. The van der Waals surface area contributed by atoms with Crippen molar-refractivity contribution in [1.29, 1.82) is 0 Å². The third kappa shape index (κ3) is 7.14. The zero-order chi connectivity index (χ0) is 21.6. The van der Waals surface area contributed by atoms with Gasteiger partial charge in [0.25, 0.3) is 5.91 Å². The molecule has 154 valence electrons. The summed E-state index contributed by atoms with van der Waals surface area (Å²) in [6.45, 7) is 7.40. The van der Waals surface area contributed by atoms with Crippen LogP contribution in [0.4, 0.5) is 11.4 Å². The Labute approximate surface area is 184 Å². The molecule has 0 bridgehead atoms. The molecule has 6 nitrogen and oxygen atoms in total.